The second kappa shape index (κ2) is 9.32. The van der Waals surface area contributed by atoms with E-state index in [1.807, 2.05) is 20.8 Å². The summed E-state index contributed by atoms with van der Waals surface area (Å²) in [4.78, 5) is 35.0. The molecule has 2 unspecified atom stereocenters. The van der Waals surface area contributed by atoms with Gasteiger partial charge in [-0.1, -0.05) is 20.8 Å². The summed E-state index contributed by atoms with van der Waals surface area (Å²) in [6, 6.07) is 5.40. The lowest BCUT2D eigenvalue weighted by atomic mass is 10.1. The third kappa shape index (κ3) is 5.88. The molecule has 2 amide bonds. The Morgan fingerprint density at radius 2 is 1.71 bits per heavy atom. The largest absolute Gasteiger partial charge is 0.480 e. The number of carbonyl (C=O) groups is 3. The van der Waals surface area contributed by atoms with Crippen molar-refractivity contribution in [2.24, 2.45) is 5.92 Å². The van der Waals surface area contributed by atoms with Gasteiger partial charge in [0, 0.05) is 11.3 Å². The topological polar surface area (TPSA) is 95.5 Å². The lowest BCUT2D eigenvalue weighted by Gasteiger charge is -2.19. The van der Waals surface area contributed by atoms with Gasteiger partial charge in [0.15, 0.2) is 0 Å². The summed E-state index contributed by atoms with van der Waals surface area (Å²) >= 11 is 1.60. The van der Waals surface area contributed by atoms with Gasteiger partial charge in [-0.2, -0.15) is 0 Å². The molecule has 0 bridgehead atoms. The van der Waals surface area contributed by atoms with Crippen LogP contribution in [0, 0.1) is 5.92 Å². The van der Waals surface area contributed by atoms with Crippen molar-refractivity contribution in [1.82, 2.24) is 5.32 Å². The number of aliphatic carboxylic acids is 1. The maximum absolute atomic E-state index is 12.3. The molecular formula is C17H24N2O4S. The van der Waals surface area contributed by atoms with Crippen molar-refractivity contribution in [2.75, 3.05) is 11.1 Å². The number of thioether (sulfide) groups is 1. The van der Waals surface area contributed by atoms with Gasteiger partial charge in [-0.3, -0.25) is 14.4 Å². The van der Waals surface area contributed by atoms with Gasteiger partial charge in [0.1, 0.15) is 6.04 Å². The summed E-state index contributed by atoms with van der Waals surface area (Å²) in [5.74, 6) is -0.548. The Hall–Kier alpha value is -2.02. The molecule has 1 aromatic rings. The molecule has 7 heteroatoms. The zero-order valence-corrected chi connectivity index (χ0v) is 15.1. The summed E-state index contributed by atoms with van der Waals surface area (Å²) in [5.41, 5.74) is 0.939. The van der Waals surface area contributed by atoms with Crippen LogP contribution in [0.3, 0.4) is 0 Å². The maximum atomic E-state index is 12.3. The van der Waals surface area contributed by atoms with Gasteiger partial charge in [0.2, 0.25) is 5.91 Å². The number of nitrogens with one attached hydrogen (secondary N) is 2. The van der Waals surface area contributed by atoms with E-state index in [-0.39, 0.29) is 17.1 Å². The van der Waals surface area contributed by atoms with Crippen LogP contribution >= 0.6 is 11.8 Å². The second-order valence-corrected chi connectivity index (χ2v) is 7.14. The maximum Gasteiger partial charge on any atom is 0.325 e. The highest BCUT2D eigenvalue weighted by molar-refractivity contribution is 8.00. The van der Waals surface area contributed by atoms with Crippen molar-refractivity contribution in [3.05, 3.63) is 29.8 Å². The van der Waals surface area contributed by atoms with Gasteiger partial charge in [0.25, 0.3) is 5.91 Å². The lowest BCUT2D eigenvalue weighted by Crippen LogP contribution is -2.38. The van der Waals surface area contributed by atoms with Crippen LogP contribution in [0.15, 0.2) is 24.3 Å². The molecule has 0 fully saturated rings. The van der Waals surface area contributed by atoms with Crippen LogP contribution in [-0.4, -0.2) is 39.9 Å². The molecule has 0 heterocycles. The normalized spacial score (nSPS) is 13.2. The Kier molecular flexibility index (Phi) is 7.78. The minimum atomic E-state index is -1.10. The van der Waals surface area contributed by atoms with Gasteiger partial charge < -0.3 is 15.7 Å². The average molecular weight is 352 g/mol. The van der Waals surface area contributed by atoms with Crippen LogP contribution in [0.2, 0.25) is 0 Å². The highest BCUT2D eigenvalue weighted by Crippen LogP contribution is 2.21. The number of carbonyl (C=O) groups excluding carboxylic acids is 2. The van der Waals surface area contributed by atoms with Crippen molar-refractivity contribution in [3.63, 3.8) is 0 Å². The van der Waals surface area contributed by atoms with Crippen LogP contribution in [0.5, 0.6) is 0 Å². The summed E-state index contributed by atoms with van der Waals surface area (Å²) in [6.45, 7) is 7.42. The predicted molar refractivity (Wildman–Crippen MR) is 96.4 cm³/mol. The zero-order chi connectivity index (χ0) is 18.3. The van der Waals surface area contributed by atoms with E-state index in [0.717, 1.165) is 5.75 Å². The monoisotopic (exact) mass is 352 g/mol. The van der Waals surface area contributed by atoms with E-state index in [1.165, 1.54) is 6.92 Å². The van der Waals surface area contributed by atoms with E-state index in [4.69, 9.17) is 5.11 Å². The first-order valence-corrected chi connectivity index (χ1v) is 8.87. The van der Waals surface area contributed by atoms with Gasteiger partial charge in [0.05, 0.1) is 5.25 Å². The number of hydrogen-bond donors (Lipinski definition) is 3. The highest BCUT2D eigenvalue weighted by Gasteiger charge is 2.22. The summed E-state index contributed by atoms with van der Waals surface area (Å²) < 4.78 is 0. The highest BCUT2D eigenvalue weighted by atomic mass is 32.2. The first-order valence-electron chi connectivity index (χ1n) is 7.82. The molecule has 132 valence electrons. The molecule has 0 radical (unpaired) electrons. The van der Waals surface area contributed by atoms with E-state index < -0.39 is 17.9 Å². The number of hydrogen-bond acceptors (Lipinski definition) is 4. The Morgan fingerprint density at radius 3 is 2.17 bits per heavy atom. The van der Waals surface area contributed by atoms with Crippen LogP contribution in [0.1, 0.15) is 38.1 Å². The van der Waals surface area contributed by atoms with Crippen molar-refractivity contribution in [3.8, 4) is 0 Å². The standard InChI is InChI=1S/C17H24N2O4S/c1-5-24-14(10(2)3)16(21)19-13-8-6-12(7-9-13)15(20)18-11(4)17(22)23/h6-11,14H,5H2,1-4H3,(H,18,20)(H,19,21)(H,22,23). The van der Waals surface area contributed by atoms with Crippen molar-refractivity contribution in [2.45, 2.75) is 39.0 Å². The van der Waals surface area contributed by atoms with Gasteiger partial charge in [-0.25, -0.2) is 0 Å². The molecule has 2 atom stereocenters. The van der Waals surface area contributed by atoms with E-state index in [9.17, 15) is 14.4 Å². The quantitative estimate of drug-likeness (QED) is 0.668. The number of carboxylic acids is 1. The molecule has 0 aliphatic heterocycles. The molecule has 1 rings (SSSR count). The van der Waals surface area contributed by atoms with Crippen LogP contribution in [-0.2, 0) is 9.59 Å². The molecule has 1 aromatic carbocycles. The molecule has 0 spiro atoms. The first-order chi connectivity index (χ1) is 11.3. The van der Waals surface area contributed by atoms with Crippen LogP contribution < -0.4 is 10.6 Å². The third-order valence-corrected chi connectivity index (χ3v) is 4.79. The fourth-order valence-electron chi connectivity index (χ4n) is 2.01. The Bertz CT molecular complexity index is 587. The third-order valence-electron chi connectivity index (χ3n) is 3.34. The zero-order valence-electron chi connectivity index (χ0n) is 14.3. The summed E-state index contributed by atoms with van der Waals surface area (Å²) in [5, 5.41) is 13.9. The van der Waals surface area contributed by atoms with Gasteiger partial charge >= 0.3 is 5.97 Å². The smallest absolute Gasteiger partial charge is 0.325 e. The number of rotatable bonds is 8. The predicted octanol–water partition coefficient (Wildman–Crippen LogP) is 2.61. The van der Waals surface area contributed by atoms with Crippen LogP contribution in [0.4, 0.5) is 5.69 Å². The Balaban J connectivity index is 2.72. The molecule has 0 aliphatic rings. The molecule has 0 saturated heterocycles. The van der Waals surface area contributed by atoms with E-state index >= 15 is 0 Å². The summed E-state index contributed by atoms with van der Waals surface area (Å²) in [6.07, 6.45) is 0. The van der Waals surface area contributed by atoms with Gasteiger partial charge in [-0.05, 0) is 42.9 Å². The number of anilines is 1. The average Bonchev–Trinajstić information content (AvgIpc) is 2.52. The van der Waals surface area contributed by atoms with Crippen LogP contribution in [0.25, 0.3) is 0 Å². The van der Waals surface area contributed by atoms with E-state index in [0.29, 0.717) is 11.3 Å². The molecule has 0 saturated carbocycles. The number of benzene rings is 1. The molecule has 24 heavy (non-hydrogen) atoms. The number of carboxylic acid groups (broad SMARTS) is 1. The SMILES string of the molecule is CCSC(C(=O)Nc1ccc(C(=O)NC(C)C(=O)O)cc1)C(C)C. The van der Waals surface area contributed by atoms with E-state index in [2.05, 4.69) is 10.6 Å². The molecule has 0 aliphatic carbocycles. The Morgan fingerprint density at radius 1 is 1.12 bits per heavy atom. The van der Waals surface area contributed by atoms with Crippen molar-refractivity contribution < 1.29 is 19.5 Å². The second-order valence-electron chi connectivity index (χ2n) is 5.72. The fourth-order valence-corrected chi connectivity index (χ4v) is 2.96. The fraction of sp³-hybridized carbons (Fsp3) is 0.471. The Labute approximate surface area is 146 Å². The first kappa shape index (κ1) is 20.0. The molecule has 6 nitrogen and oxygen atoms in total. The minimum absolute atomic E-state index is 0.0615. The van der Waals surface area contributed by atoms with Gasteiger partial charge in [-0.15, -0.1) is 11.8 Å². The molecule has 0 aromatic heterocycles. The number of amides is 2. The van der Waals surface area contributed by atoms with Crippen molar-refractivity contribution >= 4 is 35.2 Å². The molecular weight excluding hydrogens is 328 g/mol. The molecule has 3 N–H and O–H groups in total. The summed E-state index contributed by atoms with van der Waals surface area (Å²) in [7, 11) is 0. The lowest BCUT2D eigenvalue weighted by molar-refractivity contribution is -0.138. The van der Waals surface area contributed by atoms with E-state index in [1.54, 1.807) is 36.0 Å². The minimum Gasteiger partial charge on any atom is -0.480 e. The van der Waals surface area contributed by atoms with Crippen molar-refractivity contribution in [1.29, 1.82) is 0 Å².